The number of carbonyl (C=O) groups is 1. The molecule has 0 amide bonds. The van der Waals surface area contributed by atoms with Crippen molar-refractivity contribution in [1.82, 2.24) is 9.55 Å². The average molecular weight is 488 g/mol. The van der Waals surface area contributed by atoms with Gasteiger partial charge in [-0.1, -0.05) is 0 Å². The summed E-state index contributed by atoms with van der Waals surface area (Å²) < 4.78 is 41.0. The molecule has 3 heterocycles. The third-order valence-electron chi connectivity index (χ3n) is 5.33. The van der Waals surface area contributed by atoms with Crippen molar-refractivity contribution in [2.75, 3.05) is 25.6 Å². The molecule has 2 N–H and O–H groups in total. The number of benzene rings is 1. The standard InChI is InChI=1S/C24H23F2N3O4S/c1-4-33-19-12-20(34-23(19)24(30)31)17-10-14(5-6-28-17)27-7-8-29-13(2)9-15-18(32-3)11-16(25)21(26)22(15)29/h5-6,9-12H,4,7-8H2,1-3H3,(H,27,28)(H,30,31). The summed E-state index contributed by atoms with van der Waals surface area (Å²) in [4.78, 5) is 16.6. The van der Waals surface area contributed by atoms with Gasteiger partial charge in [0.15, 0.2) is 16.5 Å². The summed E-state index contributed by atoms with van der Waals surface area (Å²) in [5, 5.41) is 13.2. The molecule has 7 nitrogen and oxygen atoms in total. The number of pyridine rings is 1. The van der Waals surface area contributed by atoms with E-state index >= 15 is 0 Å². The van der Waals surface area contributed by atoms with Crippen molar-refractivity contribution in [3.8, 4) is 22.1 Å². The van der Waals surface area contributed by atoms with Gasteiger partial charge < -0.3 is 24.5 Å². The number of aromatic nitrogens is 2. The summed E-state index contributed by atoms with van der Waals surface area (Å²) >= 11 is 1.09. The second-order valence-corrected chi connectivity index (χ2v) is 8.53. The van der Waals surface area contributed by atoms with Crippen LogP contribution in [0.15, 0.2) is 36.5 Å². The number of aromatic carboxylic acids is 1. The highest BCUT2D eigenvalue weighted by molar-refractivity contribution is 7.17. The molecule has 0 spiro atoms. The lowest BCUT2D eigenvalue weighted by Gasteiger charge is -2.12. The minimum atomic E-state index is -1.05. The number of anilines is 1. The number of nitrogens with zero attached hydrogens (tertiary/aromatic N) is 2. The number of carboxylic acid groups (broad SMARTS) is 1. The van der Waals surface area contributed by atoms with Gasteiger partial charge in [0.2, 0.25) is 0 Å². The first-order valence-corrected chi connectivity index (χ1v) is 11.4. The zero-order valence-electron chi connectivity index (χ0n) is 18.8. The van der Waals surface area contributed by atoms with E-state index in [9.17, 15) is 18.7 Å². The number of thiophene rings is 1. The van der Waals surface area contributed by atoms with E-state index in [1.54, 1.807) is 42.0 Å². The van der Waals surface area contributed by atoms with Crippen LogP contribution in [-0.4, -0.2) is 40.9 Å². The maximum Gasteiger partial charge on any atom is 0.349 e. The van der Waals surface area contributed by atoms with E-state index in [0.29, 0.717) is 41.4 Å². The van der Waals surface area contributed by atoms with Crippen molar-refractivity contribution in [1.29, 1.82) is 0 Å². The molecule has 0 radical (unpaired) electrons. The summed E-state index contributed by atoms with van der Waals surface area (Å²) in [7, 11) is 1.42. The lowest BCUT2D eigenvalue weighted by Crippen LogP contribution is -2.12. The first-order valence-electron chi connectivity index (χ1n) is 10.6. The Bertz CT molecular complexity index is 1370. The second-order valence-electron chi connectivity index (χ2n) is 7.47. The number of methoxy groups -OCH3 is 1. The summed E-state index contributed by atoms with van der Waals surface area (Å²) in [5.41, 5.74) is 2.29. The molecule has 4 rings (SSSR count). The highest BCUT2D eigenvalue weighted by atomic mass is 32.1. The molecule has 0 unspecified atom stereocenters. The van der Waals surface area contributed by atoms with Crippen LogP contribution in [0.3, 0.4) is 0 Å². The summed E-state index contributed by atoms with van der Waals surface area (Å²) in [5.74, 6) is -2.32. The van der Waals surface area contributed by atoms with Gasteiger partial charge in [-0.3, -0.25) is 4.98 Å². The molecule has 0 aliphatic rings. The normalized spacial score (nSPS) is 11.1. The molecule has 3 aromatic heterocycles. The highest BCUT2D eigenvalue weighted by Crippen LogP contribution is 2.36. The van der Waals surface area contributed by atoms with E-state index < -0.39 is 17.6 Å². The van der Waals surface area contributed by atoms with Crippen LogP contribution in [0.25, 0.3) is 21.5 Å². The van der Waals surface area contributed by atoms with E-state index in [1.807, 2.05) is 6.92 Å². The van der Waals surface area contributed by atoms with Gasteiger partial charge in [0.1, 0.15) is 11.5 Å². The topological polar surface area (TPSA) is 85.6 Å². The molecule has 0 bridgehead atoms. The number of hydrogen-bond donors (Lipinski definition) is 2. The average Bonchev–Trinajstić information content (AvgIpc) is 3.38. The molecule has 34 heavy (non-hydrogen) atoms. The Labute approximate surface area is 198 Å². The number of fused-ring (bicyclic) bond motifs is 1. The number of carboxylic acids is 1. The van der Waals surface area contributed by atoms with E-state index in [1.165, 1.54) is 7.11 Å². The van der Waals surface area contributed by atoms with Gasteiger partial charge in [-0.05, 0) is 32.0 Å². The Morgan fingerprint density at radius 2 is 2.03 bits per heavy atom. The number of aryl methyl sites for hydroxylation is 1. The summed E-state index contributed by atoms with van der Waals surface area (Å²) in [6.45, 7) is 4.79. The van der Waals surface area contributed by atoms with Crippen LogP contribution in [0.4, 0.5) is 14.5 Å². The number of hydrogen-bond acceptors (Lipinski definition) is 6. The van der Waals surface area contributed by atoms with Gasteiger partial charge in [-0.25, -0.2) is 13.6 Å². The van der Waals surface area contributed by atoms with Crippen LogP contribution >= 0.6 is 11.3 Å². The molecule has 178 valence electrons. The van der Waals surface area contributed by atoms with Crippen molar-refractivity contribution in [3.05, 3.63) is 58.7 Å². The molecular weight excluding hydrogens is 464 g/mol. The van der Waals surface area contributed by atoms with Gasteiger partial charge >= 0.3 is 5.97 Å². The van der Waals surface area contributed by atoms with Crippen molar-refractivity contribution < 1.29 is 28.2 Å². The molecule has 0 atom stereocenters. The SMILES string of the molecule is CCOc1cc(-c2cc(NCCn3c(C)cc4c(OC)cc(F)c(F)c43)ccn2)sc1C(=O)O. The quantitative estimate of drug-likeness (QED) is 0.321. The van der Waals surface area contributed by atoms with E-state index in [4.69, 9.17) is 9.47 Å². The van der Waals surface area contributed by atoms with Crippen LogP contribution in [0.5, 0.6) is 11.5 Å². The fourth-order valence-electron chi connectivity index (χ4n) is 3.83. The van der Waals surface area contributed by atoms with Gasteiger partial charge in [-0.15, -0.1) is 11.3 Å². The Balaban J connectivity index is 1.54. The van der Waals surface area contributed by atoms with Crippen LogP contribution in [0, 0.1) is 18.6 Å². The molecule has 10 heteroatoms. The van der Waals surface area contributed by atoms with E-state index in [2.05, 4.69) is 10.3 Å². The van der Waals surface area contributed by atoms with Crippen LogP contribution in [0.2, 0.25) is 0 Å². The molecule has 0 fully saturated rings. The van der Waals surface area contributed by atoms with E-state index in [-0.39, 0.29) is 16.1 Å². The first-order chi connectivity index (χ1) is 16.3. The fourth-order valence-corrected chi connectivity index (χ4v) is 4.74. The van der Waals surface area contributed by atoms with Gasteiger partial charge in [0.25, 0.3) is 0 Å². The van der Waals surface area contributed by atoms with Crippen LogP contribution < -0.4 is 14.8 Å². The zero-order valence-corrected chi connectivity index (χ0v) is 19.6. The molecule has 0 saturated heterocycles. The molecule has 0 aliphatic heterocycles. The number of nitrogens with one attached hydrogen (secondary N) is 1. The largest absolute Gasteiger partial charge is 0.496 e. The van der Waals surface area contributed by atoms with Crippen molar-refractivity contribution in [2.24, 2.45) is 0 Å². The number of ether oxygens (including phenoxy) is 2. The van der Waals surface area contributed by atoms with Crippen molar-refractivity contribution >= 4 is 33.9 Å². The van der Waals surface area contributed by atoms with E-state index in [0.717, 1.165) is 28.8 Å². The molecule has 0 saturated carbocycles. The van der Waals surface area contributed by atoms with Gasteiger partial charge in [0, 0.05) is 48.2 Å². The Morgan fingerprint density at radius 3 is 2.74 bits per heavy atom. The Morgan fingerprint density at radius 1 is 1.24 bits per heavy atom. The predicted octanol–water partition coefficient (Wildman–Crippen LogP) is 5.57. The van der Waals surface area contributed by atoms with Crippen LogP contribution in [-0.2, 0) is 6.54 Å². The maximum atomic E-state index is 14.6. The molecule has 0 aliphatic carbocycles. The number of halogens is 2. The third kappa shape index (κ3) is 4.41. The van der Waals surface area contributed by atoms with Crippen LogP contribution in [0.1, 0.15) is 22.3 Å². The van der Waals surface area contributed by atoms with Crippen molar-refractivity contribution in [2.45, 2.75) is 20.4 Å². The molecular formula is C24H23F2N3O4S. The second kappa shape index (κ2) is 9.68. The highest BCUT2D eigenvalue weighted by Gasteiger charge is 2.20. The maximum absolute atomic E-state index is 14.6. The lowest BCUT2D eigenvalue weighted by atomic mass is 10.2. The third-order valence-corrected chi connectivity index (χ3v) is 6.46. The predicted molar refractivity (Wildman–Crippen MR) is 127 cm³/mol. The smallest absolute Gasteiger partial charge is 0.349 e. The summed E-state index contributed by atoms with van der Waals surface area (Å²) in [6, 6.07) is 8.08. The monoisotopic (exact) mass is 487 g/mol. The zero-order chi connectivity index (χ0) is 24.4. The lowest BCUT2D eigenvalue weighted by molar-refractivity contribution is 0.0698. The van der Waals surface area contributed by atoms with Gasteiger partial charge in [-0.2, -0.15) is 0 Å². The summed E-state index contributed by atoms with van der Waals surface area (Å²) in [6.07, 6.45) is 1.62. The number of rotatable bonds is 9. The minimum absolute atomic E-state index is 0.122. The van der Waals surface area contributed by atoms with Gasteiger partial charge in [0.05, 0.1) is 29.8 Å². The Kier molecular flexibility index (Phi) is 6.69. The first kappa shape index (κ1) is 23.5. The van der Waals surface area contributed by atoms with Crippen molar-refractivity contribution in [3.63, 3.8) is 0 Å². The molecule has 4 aromatic rings. The fraction of sp³-hybridized carbons (Fsp3) is 0.250. The Hall–Kier alpha value is -3.66. The molecule has 1 aromatic carbocycles. The minimum Gasteiger partial charge on any atom is -0.496 e.